The van der Waals surface area contributed by atoms with Gasteiger partial charge in [-0.15, -0.1) is 0 Å². The van der Waals surface area contributed by atoms with Crippen molar-refractivity contribution in [1.29, 1.82) is 0 Å². The summed E-state index contributed by atoms with van der Waals surface area (Å²) in [6.07, 6.45) is 1.00. The van der Waals surface area contributed by atoms with Crippen LogP contribution in [0.5, 0.6) is 11.5 Å². The Bertz CT molecular complexity index is 549. The van der Waals surface area contributed by atoms with E-state index in [4.69, 9.17) is 9.47 Å². The summed E-state index contributed by atoms with van der Waals surface area (Å²) in [7, 11) is 6.83. The van der Waals surface area contributed by atoms with E-state index in [0.29, 0.717) is 0 Å². The number of likely N-dealkylation sites (N-methyl/N-ethyl adjacent to an activating group) is 1. The lowest BCUT2D eigenvalue weighted by molar-refractivity contribution is 0.397. The maximum atomic E-state index is 5.47. The Morgan fingerprint density at radius 1 is 0.955 bits per heavy atom. The number of nitrogens with two attached hydrogens (primary N) is 1. The van der Waals surface area contributed by atoms with Gasteiger partial charge < -0.3 is 20.5 Å². The van der Waals surface area contributed by atoms with Crippen molar-refractivity contribution in [2.45, 2.75) is 6.42 Å². The quantitative estimate of drug-likeness (QED) is 0.861. The molecule has 0 amide bonds. The van der Waals surface area contributed by atoms with Gasteiger partial charge >= 0.3 is 0 Å². The van der Waals surface area contributed by atoms with Crippen molar-refractivity contribution in [2.75, 3.05) is 34.9 Å². The molecular weight excluding hydrogens is 276 g/mol. The van der Waals surface area contributed by atoms with Crippen LogP contribution in [0, 0.1) is 0 Å². The van der Waals surface area contributed by atoms with Crippen LogP contribution in [0.25, 0.3) is 11.1 Å². The molecule has 0 aliphatic carbocycles. The van der Waals surface area contributed by atoms with E-state index in [2.05, 4.69) is 35.3 Å². The van der Waals surface area contributed by atoms with Crippen LogP contribution in [0.15, 0.2) is 42.5 Å². The topological polar surface area (TPSA) is 56.5 Å². The standard InChI is InChI=1S/C17H21NO2.CH5N/c1-18-11-10-13-6-4-7-14(12-13)17-15(19-2)8-5-9-16(17)20-3;1-2/h4-9,12,18H,10-11H2,1-3H3;2H2,1H3. The predicted molar refractivity (Wildman–Crippen MR) is 92.7 cm³/mol. The van der Waals surface area contributed by atoms with Crippen molar-refractivity contribution in [1.82, 2.24) is 5.32 Å². The molecule has 0 fully saturated rings. The molecule has 22 heavy (non-hydrogen) atoms. The van der Waals surface area contributed by atoms with Crippen LogP contribution in [0.4, 0.5) is 0 Å². The molecule has 0 saturated heterocycles. The second kappa shape index (κ2) is 9.82. The summed E-state index contributed by atoms with van der Waals surface area (Å²) in [6, 6.07) is 14.3. The van der Waals surface area contributed by atoms with Gasteiger partial charge in [-0.1, -0.05) is 30.3 Å². The Balaban J connectivity index is 0.00000116. The number of nitrogens with one attached hydrogen (secondary N) is 1. The summed E-state index contributed by atoms with van der Waals surface area (Å²) in [5.41, 5.74) is 7.92. The molecule has 0 bridgehead atoms. The lowest BCUT2D eigenvalue weighted by Gasteiger charge is -2.14. The minimum atomic E-state index is 0.829. The number of hydrogen-bond acceptors (Lipinski definition) is 4. The van der Waals surface area contributed by atoms with E-state index >= 15 is 0 Å². The van der Waals surface area contributed by atoms with Crippen molar-refractivity contribution in [2.24, 2.45) is 5.73 Å². The van der Waals surface area contributed by atoms with Gasteiger partial charge in [-0.2, -0.15) is 0 Å². The third-order valence-corrected chi connectivity index (χ3v) is 3.31. The minimum absolute atomic E-state index is 0.829. The van der Waals surface area contributed by atoms with Crippen molar-refractivity contribution in [3.63, 3.8) is 0 Å². The Kier molecular flexibility index (Phi) is 8.04. The summed E-state index contributed by atoms with van der Waals surface area (Å²) in [5, 5.41) is 3.17. The Labute approximate surface area is 133 Å². The molecule has 0 heterocycles. The zero-order chi connectivity index (χ0) is 16.4. The Morgan fingerprint density at radius 2 is 1.55 bits per heavy atom. The van der Waals surface area contributed by atoms with Crippen LogP contribution >= 0.6 is 0 Å². The number of benzene rings is 2. The molecule has 2 aromatic carbocycles. The average Bonchev–Trinajstić information content (AvgIpc) is 2.61. The second-order valence-electron chi connectivity index (χ2n) is 4.59. The van der Waals surface area contributed by atoms with E-state index in [0.717, 1.165) is 35.6 Å². The number of ether oxygens (including phenoxy) is 2. The molecule has 2 aromatic rings. The number of hydrogen-bond donors (Lipinski definition) is 2. The first-order valence-electron chi connectivity index (χ1n) is 7.32. The predicted octanol–water partition coefficient (Wildman–Crippen LogP) is 2.71. The van der Waals surface area contributed by atoms with E-state index in [1.165, 1.54) is 12.6 Å². The van der Waals surface area contributed by atoms with Gasteiger partial charge in [-0.25, -0.2) is 0 Å². The molecule has 0 aliphatic heterocycles. The van der Waals surface area contributed by atoms with Crippen LogP contribution in [0.3, 0.4) is 0 Å². The number of methoxy groups -OCH3 is 2. The molecule has 0 aromatic heterocycles. The fraction of sp³-hybridized carbons (Fsp3) is 0.333. The van der Waals surface area contributed by atoms with E-state index in [9.17, 15) is 0 Å². The van der Waals surface area contributed by atoms with Gasteiger partial charge in [0, 0.05) is 0 Å². The fourth-order valence-corrected chi connectivity index (χ4v) is 2.29. The van der Waals surface area contributed by atoms with Gasteiger partial charge in [-0.3, -0.25) is 0 Å². The second-order valence-corrected chi connectivity index (χ2v) is 4.59. The minimum Gasteiger partial charge on any atom is -0.496 e. The monoisotopic (exact) mass is 302 g/mol. The SMILES string of the molecule is CN.CNCCc1cccc(-c2c(OC)cccc2OC)c1. The third-order valence-electron chi connectivity index (χ3n) is 3.31. The molecule has 0 unspecified atom stereocenters. The summed E-state index contributed by atoms with van der Waals surface area (Å²) in [4.78, 5) is 0. The molecule has 0 radical (unpaired) electrons. The fourth-order valence-electron chi connectivity index (χ4n) is 2.29. The lowest BCUT2D eigenvalue weighted by atomic mass is 10.00. The summed E-state index contributed by atoms with van der Waals surface area (Å²) in [5.74, 6) is 1.66. The van der Waals surface area contributed by atoms with Crippen LogP contribution < -0.4 is 20.5 Å². The summed E-state index contributed by atoms with van der Waals surface area (Å²) >= 11 is 0. The van der Waals surface area contributed by atoms with Gasteiger partial charge in [0.1, 0.15) is 11.5 Å². The highest BCUT2D eigenvalue weighted by Crippen LogP contribution is 2.38. The molecular formula is C18H26N2O2. The molecule has 4 heteroatoms. The van der Waals surface area contributed by atoms with Crippen molar-refractivity contribution in [3.8, 4) is 22.6 Å². The van der Waals surface area contributed by atoms with Crippen LogP contribution in [-0.2, 0) is 6.42 Å². The zero-order valence-electron chi connectivity index (χ0n) is 13.8. The maximum Gasteiger partial charge on any atom is 0.130 e. The third kappa shape index (κ3) is 4.48. The smallest absolute Gasteiger partial charge is 0.130 e. The molecule has 120 valence electrons. The van der Waals surface area contributed by atoms with E-state index in [1.807, 2.05) is 25.2 Å². The molecule has 0 aliphatic rings. The first-order valence-corrected chi connectivity index (χ1v) is 7.32. The molecule has 4 nitrogen and oxygen atoms in total. The highest BCUT2D eigenvalue weighted by Gasteiger charge is 2.12. The van der Waals surface area contributed by atoms with E-state index < -0.39 is 0 Å². The molecule has 0 saturated carbocycles. The highest BCUT2D eigenvalue weighted by atomic mass is 16.5. The average molecular weight is 302 g/mol. The molecule has 0 atom stereocenters. The van der Waals surface area contributed by atoms with Gasteiger partial charge in [0.25, 0.3) is 0 Å². The van der Waals surface area contributed by atoms with Gasteiger partial charge in [-0.05, 0) is 50.3 Å². The highest BCUT2D eigenvalue weighted by molar-refractivity contribution is 5.77. The first kappa shape index (κ1) is 18.0. The van der Waals surface area contributed by atoms with Crippen molar-refractivity contribution < 1.29 is 9.47 Å². The maximum absolute atomic E-state index is 5.47. The van der Waals surface area contributed by atoms with Gasteiger partial charge in [0.2, 0.25) is 0 Å². The van der Waals surface area contributed by atoms with Crippen molar-refractivity contribution >= 4 is 0 Å². The van der Waals surface area contributed by atoms with Crippen LogP contribution in [0.2, 0.25) is 0 Å². The van der Waals surface area contributed by atoms with Crippen LogP contribution in [0.1, 0.15) is 5.56 Å². The van der Waals surface area contributed by atoms with E-state index in [1.54, 1.807) is 14.2 Å². The first-order chi connectivity index (χ1) is 10.8. The lowest BCUT2D eigenvalue weighted by Crippen LogP contribution is -2.10. The molecule has 0 spiro atoms. The van der Waals surface area contributed by atoms with Gasteiger partial charge in [0.05, 0.1) is 19.8 Å². The largest absolute Gasteiger partial charge is 0.496 e. The normalized spacial score (nSPS) is 9.68. The van der Waals surface area contributed by atoms with Crippen molar-refractivity contribution in [3.05, 3.63) is 48.0 Å². The van der Waals surface area contributed by atoms with E-state index in [-0.39, 0.29) is 0 Å². The van der Waals surface area contributed by atoms with Crippen LogP contribution in [-0.4, -0.2) is 34.9 Å². The number of rotatable bonds is 6. The van der Waals surface area contributed by atoms with Gasteiger partial charge in [0.15, 0.2) is 0 Å². The summed E-state index contributed by atoms with van der Waals surface area (Å²) in [6.45, 7) is 0.965. The Hall–Kier alpha value is -2.04. The zero-order valence-corrected chi connectivity index (χ0v) is 13.8. The molecule has 3 N–H and O–H groups in total. The Morgan fingerprint density at radius 3 is 2.09 bits per heavy atom. The molecule has 2 rings (SSSR count). The summed E-state index contributed by atoms with van der Waals surface area (Å²) < 4.78 is 10.9.